The SMILES string of the molecule is COC(=O)c1ccc2c(c1)NC(=O)C2=C(Nc1ccc(N(C)C(=O)CN(C)C)c(F)c1)c1ccc2nccnc2c1. The van der Waals surface area contributed by atoms with E-state index < -0.39 is 17.7 Å². The summed E-state index contributed by atoms with van der Waals surface area (Å²) in [5.74, 6) is -1.82. The van der Waals surface area contributed by atoms with Crippen LogP contribution in [-0.2, 0) is 14.3 Å². The number of hydrogen-bond acceptors (Lipinski definition) is 8. The number of fused-ring (bicyclic) bond motifs is 2. The fraction of sp³-hybridized carbons (Fsp3) is 0.167. The number of carbonyl (C=O) groups excluding carboxylic acids is 3. The lowest BCUT2D eigenvalue weighted by Crippen LogP contribution is -2.35. The summed E-state index contributed by atoms with van der Waals surface area (Å²) < 4.78 is 20.1. The number of aromatic nitrogens is 2. The Labute approximate surface area is 235 Å². The molecular formula is C30H27FN6O4. The number of esters is 1. The van der Waals surface area contributed by atoms with Crippen LogP contribution in [0.3, 0.4) is 0 Å². The standard InChI is InChI=1S/C30H27FN6O4/c1-36(2)16-26(38)37(3)25-10-7-19(15-21(25)31)34-28(17-6-9-22-24(13-17)33-12-11-32-22)27-20-8-5-18(30(40)41-4)14-23(20)35-29(27)39/h5-15,34H,16H2,1-4H3,(H,35,39). The van der Waals surface area contributed by atoms with Crippen molar-refractivity contribution < 1.29 is 23.5 Å². The number of anilines is 3. The van der Waals surface area contributed by atoms with Crippen molar-refractivity contribution in [1.82, 2.24) is 14.9 Å². The second-order valence-corrected chi connectivity index (χ2v) is 9.70. The molecule has 41 heavy (non-hydrogen) atoms. The van der Waals surface area contributed by atoms with Gasteiger partial charge in [0.1, 0.15) is 5.82 Å². The summed E-state index contributed by atoms with van der Waals surface area (Å²) >= 11 is 0. The Balaban J connectivity index is 1.61. The first kappa shape index (κ1) is 27.4. The zero-order valence-corrected chi connectivity index (χ0v) is 22.9. The maximum atomic E-state index is 15.3. The van der Waals surface area contributed by atoms with E-state index in [2.05, 4.69) is 20.6 Å². The van der Waals surface area contributed by atoms with E-state index in [0.717, 1.165) is 0 Å². The number of ether oxygens (including phenoxy) is 1. The summed E-state index contributed by atoms with van der Waals surface area (Å²) in [4.78, 5) is 49.6. The maximum Gasteiger partial charge on any atom is 0.337 e. The molecule has 11 heteroatoms. The van der Waals surface area contributed by atoms with Crippen molar-refractivity contribution >= 4 is 57.1 Å². The van der Waals surface area contributed by atoms with Crippen molar-refractivity contribution in [3.8, 4) is 0 Å². The number of benzene rings is 3. The molecule has 0 unspecified atom stereocenters. The lowest BCUT2D eigenvalue weighted by atomic mass is 9.98. The Morgan fingerprint density at radius 2 is 1.68 bits per heavy atom. The topological polar surface area (TPSA) is 117 Å². The summed E-state index contributed by atoms with van der Waals surface area (Å²) in [6.07, 6.45) is 3.16. The van der Waals surface area contributed by atoms with Gasteiger partial charge in [0.2, 0.25) is 5.91 Å². The minimum absolute atomic E-state index is 0.122. The molecule has 0 aliphatic carbocycles. The quantitative estimate of drug-likeness (QED) is 0.260. The van der Waals surface area contributed by atoms with Gasteiger partial charge in [0.25, 0.3) is 5.91 Å². The average Bonchev–Trinajstić information content (AvgIpc) is 3.29. The molecule has 3 aromatic carbocycles. The fourth-order valence-electron chi connectivity index (χ4n) is 4.58. The van der Waals surface area contributed by atoms with E-state index in [1.54, 1.807) is 73.9 Å². The highest BCUT2D eigenvalue weighted by molar-refractivity contribution is 6.37. The molecule has 0 spiro atoms. The average molecular weight is 555 g/mol. The first-order chi connectivity index (χ1) is 19.7. The van der Waals surface area contributed by atoms with Crippen LogP contribution in [0.25, 0.3) is 22.3 Å². The van der Waals surface area contributed by atoms with E-state index in [1.807, 2.05) is 0 Å². The number of rotatable bonds is 7. The Hall–Kier alpha value is -5.16. The molecule has 4 aromatic rings. The van der Waals surface area contributed by atoms with Crippen molar-refractivity contribution in [1.29, 1.82) is 0 Å². The number of hydrogen-bond donors (Lipinski definition) is 2. The lowest BCUT2D eigenvalue weighted by Gasteiger charge is -2.21. The smallest absolute Gasteiger partial charge is 0.337 e. The fourth-order valence-corrected chi connectivity index (χ4v) is 4.58. The van der Waals surface area contributed by atoms with E-state index in [9.17, 15) is 14.4 Å². The number of methoxy groups -OCH3 is 1. The van der Waals surface area contributed by atoms with Gasteiger partial charge in [-0.05, 0) is 56.6 Å². The molecule has 0 fully saturated rings. The van der Waals surface area contributed by atoms with Crippen molar-refractivity contribution in [2.45, 2.75) is 0 Å². The molecule has 2 N–H and O–H groups in total. The van der Waals surface area contributed by atoms with E-state index >= 15 is 4.39 Å². The van der Waals surface area contributed by atoms with Crippen LogP contribution in [0.5, 0.6) is 0 Å². The molecule has 2 amide bonds. The van der Waals surface area contributed by atoms with Crippen LogP contribution in [-0.4, -0.2) is 67.4 Å². The number of nitrogens with one attached hydrogen (secondary N) is 2. The predicted molar refractivity (Wildman–Crippen MR) is 155 cm³/mol. The Morgan fingerprint density at radius 3 is 2.39 bits per heavy atom. The molecule has 5 rings (SSSR count). The van der Waals surface area contributed by atoms with E-state index in [1.165, 1.54) is 31.2 Å². The summed E-state index contributed by atoms with van der Waals surface area (Å²) in [6, 6.07) is 14.5. The third-order valence-corrected chi connectivity index (χ3v) is 6.60. The highest BCUT2D eigenvalue weighted by Crippen LogP contribution is 2.39. The van der Waals surface area contributed by atoms with Gasteiger partial charge in [-0.1, -0.05) is 12.1 Å². The van der Waals surface area contributed by atoms with Gasteiger partial charge in [0.15, 0.2) is 0 Å². The van der Waals surface area contributed by atoms with E-state index in [-0.39, 0.29) is 23.7 Å². The summed E-state index contributed by atoms with van der Waals surface area (Å²) in [5, 5.41) is 6.03. The molecule has 10 nitrogen and oxygen atoms in total. The molecule has 208 valence electrons. The molecular weight excluding hydrogens is 527 g/mol. The van der Waals surface area contributed by atoms with E-state index in [0.29, 0.717) is 44.8 Å². The maximum absolute atomic E-state index is 15.3. The minimum Gasteiger partial charge on any atom is -0.465 e. The van der Waals surface area contributed by atoms with Gasteiger partial charge in [-0.25, -0.2) is 9.18 Å². The molecule has 0 saturated carbocycles. The zero-order valence-electron chi connectivity index (χ0n) is 22.9. The van der Waals surface area contributed by atoms with Crippen LogP contribution in [0.4, 0.5) is 21.5 Å². The Kier molecular flexibility index (Phi) is 7.45. The van der Waals surface area contributed by atoms with E-state index in [4.69, 9.17) is 4.74 Å². The summed E-state index contributed by atoms with van der Waals surface area (Å²) in [6.45, 7) is 0.128. The second-order valence-electron chi connectivity index (χ2n) is 9.70. The van der Waals surface area contributed by atoms with Gasteiger partial charge in [-0.15, -0.1) is 0 Å². The van der Waals surface area contributed by atoms with Gasteiger partial charge in [-0.2, -0.15) is 0 Å². The summed E-state index contributed by atoms with van der Waals surface area (Å²) in [5.41, 5.74) is 4.32. The van der Waals surface area contributed by atoms with Crippen molar-refractivity contribution in [2.75, 3.05) is 50.3 Å². The largest absolute Gasteiger partial charge is 0.465 e. The Bertz CT molecular complexity index is 1740. The van der Waals surface area contributed by atoms with Crippen LogP contribution in [0.1, 0.15) is 21.5 Å². The van der Waals surface area contributed by atoms with Crippen LogP contribution < -0.4 is 15.5 Å². The highest BCUT2D eigenvalue weighted by Gasteiger charge is 2.30. The van der Waals surface area contributed by atoms with Crippen LogP contribution in [0, 0.1) is 5.82 Å². The van der Waals surface area contributed by atoms with Gasteiger partial charge >= 0.3 is 5.97 Å². The molecule has 0 atom stereocenters. The second kappa shape index (κ2) is 11.1. The van der Waals surface area contributed by atoms with Gasteiger partial charge in [-0.3, -0.25) is 19.6 Å². The number of likely N-dealkylation sites (N-methyl/N-ethyl adjacent to an activating group) is 2. The molecule has 2 heterocycles. The number of halogens is 1. The Morgan fingerprint density at radius 1 is 0.951 bits per heavy atom. The normalized spacial score (nSPS) is 13.6. The van der Waals surface area contributed by atoms with Crippen molar-refractivity contribution in [3.05, 3.63) is 89.5 Å². The molecule has 1 aromatic heterocycles. The van der Waals surface area contributed by atoms with Crippen molar-refractivity contribution in [2.24, 2.45) is 0 Å². The zero-order chi connectivity index (χ0) is 29.3. The molecule has 0 radical (unpaired) electrons. The number of carbonyl (C=O) groups is 3. The highest BCUT2D eigenvalue weighted by atomic mass is 19.1. The minimum atomic E-state index is -0.614. The van der Waals surface area contributed by atoms with Crippen LogP contribution >= 0.6 is 0 Å². The molecule has 1 aliphatic rings. The van der Waals surface area contributed by atoms with Crippen LogP contribution in [0.2, 0.25) is 0 Å². The molecule has 1 aliphatic heterocycles. The lowest BCUT2D eigenvalue weighted by molar-refractivity contribution is -0.119. The van der Waals surface area contributed by atoms with Crippen molar-refractivity contribution in [3.63, 3.8) is 0 Å². The summed E-state index contributed by atoms with van der Waals surface area (Å²) in [7, 11) is 6.32. The predicted octanol–water partition coefficient (Wildman–Crippen LogP) is 4.01. The molecule has 0 bridgehead atoms. The first-order valence-electron chi connectivity index (χ1n) is 12.6. The monoisotopic (exact) mass is 554 g/mol. The number of amides is 2. The number of nitrogens with zero attached hydrogens (tertiary/aromatic N) is 4. The third kappa shape index (κ3) is 5.48. The van der Waals surface area contributed by atoms with Gasteiger partial charge < -0.3 is 25.2 Å². The van der Waals surface area contributed by atoms with Crippen LogP contribution in [0.15, 0.2) is 67.0 Å². The third-order valence-electron chi connectivity index (χ3n) is 6.60. The van der Waals surface area contributed by atoms with Gasteiger partial charge in [0, 0.05) is 36.3 Å². The first-order valence-corrected chi connectivity index (χ1v) is 12.6. The van der Waals surface area contributed by atoms with Gasteiger partial charge in [0.05, 0.1) is 52.9 Å². The molecule has 0 saturated heterocycles.